The highest BCUT2D eigenvalue weighted by Gasteiger charge is 2.40. The number of aromatic hydroxyl groups is 1. The molecule has 2 fully saturated rings. The molecule has 14 heteroatoms. The Labute approximate surface area is 374 Å². The van der Waals surface area contributed by atoms with E-state index in [1.165, 1.54) is 22.3 Å². The molecule has 9 rings (SSSR count). The Morgan fingerprint density at radius 2 is 0.985 bits per heavy atom. The molecule has 4 atom stereocenters. The van der Waals surface area contributed by atoms with Crippen molar-refractivity contribution >= 4 is 24.0 Å². The van der Waals surface area contributed by atoms with Gasteiger partial charge in [-0.2, -0.15) is 0 Å². The molecule has 2 aromatic heterocycles. The number of phenolic OH excluding ortho intramolecular Hbond substituents is 1. The van der Waals surface area contributed by atoms with Crippen LogP contribution in [0.2, 0.25) is 0 Å². The smallest absolute Gasteiger partial charge is 0.416 e. The molecular formula is C51H46N4O10. The number of hydrogen-bond acceptors (Lipinski definition) is 12. The van der Waals surface area contributed by atoms with E-state index in [0.717, 1.165) is 33.6 Å². The molecule has 5 aromatic carbocycles. The van der Waals surface area contributed by atoms with Crippen molar-refractivity contribution in [1.29, 1.82) is 0 Å². The zero-order valence-electron chi connectivity index (χ0n) is 35.3. The minimum absolute atomic E-state index is 0.0255. The maximum Gasteiger partial charge on any atom is 0.416 e. The van der Waals surface area contributed by atoms with Crippen LogP contribution < -0.4 is 4.74 Å². The van der Waals surface area contributed by atoms with E-state index in [0.29, 0.717) is 30.8 Å². The van der Waals surface area contributed by atoms with Crippen molar-refractivity contribution in [3.05, 3.63) is 203 Å². The van der Waals surface area contributed by atoms with Gasteiger partial charge >= 0.3 is 12.2 Å². The van der Waals surface area contributed by atoms with Crippen molar-refractivity contribution in [2.75, 3.05) is 13.2 Å². The quantitative estimate of drug-likeness (QED) is 0.104. The maximum atomic E-state index is 13.4. The average Bonchev–Trinajstić information content (AvgIpc) is 4.19. The lowest BCUT2D eigenvalue weighted by atomic mass is 9.91. The highest BCUT2D eigenvalue weighted by atomic mass is 16.6. The number of imide groups is 2. The lowest BCUT2D eigenvalue weighted by molar-refractivity contribution is -0.130. The van der Waals surface area contributed by atoms with Crippen LogP contribution >= 0.6 is 0 Å². The summed E-state index contributed by atoms with van der Waals surface area (Å²) >= 11 is 0. The van der Waals surface area contributed by atoms with Crippen molar-refractivity contribution in [1.82, 2.24) is 20.1 Å². The molecule has 1 N–H and O–H groups in total. The third-order valence-electron chi connectivity index (χ3n) is 11.3. The number of benzene rings is 5. The number of carbonyl (C=O) groups is 4. The van der Waals surface area contributed by atoms with Gasteiger partial charge in [-0.15, -0.1) is 0 Å². The molecule has 0 saturated carbocycles. The van der Waals surface area contributed by atoms with Crippen molar-refractivity contribution in [2.45, 2.75) is 56.2 Å². The normalized spacial score (nSPS) is 16.5. The van der Waals surface area contributed by atoms with Crippen LogP contribution in [0.3, 0.4) is 0 Å². The van der Waals surface area contributed by atoms with Crippen LogP contribution in [0.5, 0.6) is 11.5 Å². The third-order valence-corrected chi connectivity index (χ3v) is 11.3. The predicted molar refractivity (Wildman–Crippen MR) is 236 cm³/mol. The van der Waals surface area contributed by atoms with Gasteiger partial charge in [0.1, 0.15) is 43.8 Å². The van der Waals surface area contributed by atoms with Gasteiger partial charge in [0.05, 0.1) is 23.5 Å². The van der Waals surface area contributed by atoms with E-state index in [9.17, 15) is 24.3 Å². The van der Waals surface area contributed by atoms with E-state index < -0.39 is 18.1 Å². The number of amides is 4. The summed E-state index contributed by atoms with van der Waals surface area (Å²) in [6.45, 7) is 0.820. The molecular weight excluding hydrogens is 829 g/mol. The monoisotopic (exact) mass is 874 g/mol. The van der Waals surface area contributed by atoms with Crippen molar-refractivity contribution < 1.29 is 47.5 Å². The highest BCUT2D eigenvalue weighted by molar-refractivity contribution is 5.95. The van der Waals surface area contributed by atoms with Gasteiger partial charge in [-0.25, -0.2) is 19.4 Å². The predicted octanol–water partition coefficient (Wildman–Crippen LogP) is 8.86. The molecule has 7 aromatic rings. The Bertz CT molecular complexity index is 2610. The number of ether oxygens (including phenoxy) is 3. The van der Waals surface area contributed by atoms with Crippen molar-refractivity contribution in [2.24, 2.45) is 0 Å². The van der Waals surface area contributed by atoms with Gasteiger partial charge in [0, 0.05) is 36.8 Å². The van der Waals surface area contributed by atoms with Crippen LogP contribution in [0.4, 0.5) is 9.59 Å². The number of aromatic nitrogens is 2. The van der Waals surface area contributed by atoms with Gasteiger partial charge in [-0.1, -0.05) is 126 Å². The van der Waals surface area contributed by atoms with Gasteiger partial charge in [0.2, 0.25) is 11.8 Å². The number of nitrogens with zero attached hydrogens (tertiary/aromatic N) is 4. The summed E-state index contributed by atoms with van der Waals surface area (Å²) < 4.78 is 26.3. The van der Waals surface area contributed by atoms with Gasteiger partial charge in [0.15, 0.2) is 0 Å². The number of hydrogen-bond donors (Lipinski definition) is 1. The van der Waals surface area contributed by atoms with Crippen LogP contribution in [0.1, 0.15) is 63.9 Å². The van der Waals surface area contributed by atoms with Gasteiger partial charge < -0.3 is 28.4 Å². The molecule has 0 radical (unpaired) electrons. The lowest BCUT2D eigenvalue weighted by Crippen LogP contribution is -2.40. The topological polar surface area (TPSA) is 175 Å². The summed E-state index contributed by atoms with van der Waals surface area (Å²) in [6, 6.07) is 46.2. The number of cyclic esters (lactones) is 2. The first-order chi connectivity index (χ1) is 31.8. The first-order valence-electron chi connectivity index (χ1n) is 21.2. The van der Waals surface area contributed by atoms with Crippen LogP contribution in [0.15, 0.2) is 173 Å². The van der Waals surface area contributed by atoms with Gasteiger partial charge in [-0.3, -0.25) is 9.59 Å². The molecule has 0 unspecified atom stereocenters. The van der Waals surface area contributed by atoms with Crippen LogP contribution in [-0.2, 0) is 38.5 Å². The summed E-state index contributed by atoms with van der Waals surface area (Å²) in [5.74, 6) is -0.591. The molecule has 2 saturated heterocycles. The standard InChI is InChI=1S/C29H26N2O5.C22H20N2O5/c32-28(31-24(20-35-29(31)33)17-21-7-3-1-4-8-21)18-26(27-15-16-36-30-27)23-11-13-25(14-12-23)34-19-22-9-5-2-6-10-22;25-18-8-6-16(7-9-18)19(20-10-11-29-23-20)13-21(26)24-17(14-28-22(24)27)12-15-4-2-1-3-5-15/h1-16,24,26H,17-20H2;1-11,17,19,25H,12-14H2/t24-,26-;17-,19-/m00/s1. The van der Waals surface area contributed by atoms with Gasteiger partial charge in [0.25, 0.3) is 0 Å². The third kappa shape index (κ3) is 11.2. The first kappa shape index (κ1) is 43.6. The Balaban J connectivity index is 0.000000181. The molecule has 2 aliphatic heterocycles. The van der Waals surface area contributed by atoms with Crippen LogP contribution in [0, 0.1) is 0 Å². The summed E-state index contributed by atoms with van der Waals surface area (Å²) in [5, 5.41) is 17.6. The van der Waals surface area contributed by atoms with E-state index >= 15 is 0 Å². The summed E-state index contributed by atoms with van der Waals surface area (Å²) in [4.78, 5) is 53.7. The second kappa shape index (κ2) is 20.9. The Morgan fingerprint density at radius 1 is 0.569 bits per heavy atom. The van der Waals surface area contributed by atoms with Crippen molar-refractivity contribution in [3.8, 4) is 11.5 Å². The summed E-state index contributed by atoms with van der Waals surface area (Å²) in [7, 11) is 0. The Kier molecular flexibility index (Phi) is 14.0. The van der Waals surface area contributed by atoms with Crippen molar-refractivity contribution in [3.63, 3.8) is 0 Å². The fourth-order valence-corrected chi connectivity index (χ4v) is 7.98. The summed E-state index contributed by atoms with van der Waals surface area (Å²) in [5.41, 5.74) is 6.01. The van der Waals surface area contributed by atoms with E-state index in [1.807, 2.05) is 115 Å². The second-order valence-electron chi connectivity index (χ2n) is 15.7. The van der Waals surface area contributed by atoms with E-state index in [4.69, 9.17) is 23.3 Å². The molecule has 65 heavy (non-hydrogen) atoms. The lowest BCUT2D eigenvalue weighted by Gasteiger charge is -2.22. The zero-order chi connectivity index (χ0) is 45.0. The van der Waals surface area contributed by atoms with E-state index in [-0.39, 0.29) is 61.6 Å². The van der Waals surface area contributed by atoms with Crippen LogP contribution in [-0.4, -0.2) is 74.5 Å². The fraction of sp³-hybridized carbons (Fsp3) is 0.216. The van der Waals surface area contributed by atoms with Crippen LogP contribution in [0.25, 0.3) is 0 Å². The minimum Gasteiger partial charge on any atom is -0.508 e. The molecule has 4 heterocycles. The largest absolute Gasteiger partial charge is 0.508 e. The molecule has 0 aliphatic carbocycles. The first-order valence-corrected chi connectivity index (χ1v) is 21.2. The highest BCUT2D eigenvalue weighted by Crippen LogP contribution is 2.32. The fourth-order valence-electron chi connectivity index (χ4n) is 7.98. The van der Waals surface area contributed by atoms with E-state index in [2.05, 4.69) is 10.3 Å². The number of carbonyl (C=O) groups excluding carboxylic acids is 4. The number of phenols is 1. The molecule has 4 amide bonds. The maximum absolute atomic E-state index is 13.4. The Morgan fingerprint density at radius 3 is 1.40 bits per heavy atom. The molecule has 0 spiro atoms. The van der Waals surface area contributed by atoms with Gasteiger partial charge in [-0.05, 0) is 64.9 Å². The zero-order valence-corrected chi connectivity index (χ0v) is 35.3. The molecule has 330 valence electrons. The molecule has 14 nitrogen and oxygen atoms in total. The number of rotatable bonds is 15. The SMILES string of the molecule is O=C(C[C@@H](c1ccc(O)cc1)c1ccon1)N1C(=O)OC[C@@H]1Cc1ccccc1.O=C(C[C@@H](c1ccc(OCc2ccccc2)cc1)c1ccon1)N1C(=O)OC[C@@H]1Cc1ccccc1. The minimum atomic E-state index is -0.624. The second-order valence-corrected chi connectivity index (χ2v) is 15.7. The average molecular weight is 875 g/mol. The molecule has 0 bridgehead atoms. The summed E-state index contributed by atoms with van der Waals surface area (Å²) in [6.07, 6.45) is 2.84. The Hall–Kier alpha value is -8.00. The van der Waals surface area contributed by atoms with E-state index in [1.54, 1.807) is 36.4 Å². The molecule has 2 aliphatic rings.